The SMILES string of the molecule is CN(C)CCC(=O)C(=C/C=C/c1ccccc1)C(=O)CCN(C)C. The molecule has 4 heteroatoms. The Balaban J connectivity index is 2.86. The molecule has 0 bridgehead atoms. The summed E-state index contributed by atoms with van der Waals surface area (Å²) in [5, 5.41) is 0. The van der Waals surface area contributed by atoms with Crippen LogP contribution in [0, 0.1) is 0 Å². The lowest BCUT2D eigenvalue weighted by atomic mass is 10.0. The number of carbonyl (C=O) groups excluding carboxylic acids is 2. The van der Waals surface area contributed by atoms with Crippen molar-refractivity contribution in [2.45, 2.75) is 12.8 Å². The van der Waals surface area contributed by atoms with Crippen LogP contribution in [0.5, 0.6) is 0 Å². The number of rotatable bonds is 10. The Bertz CT molecular complexity index is 561. The van der Waals surface area contributed by atoms with Crippen LogP contribution in [-0.2, 0) is 9.59 Å². The Hall–Kier alpha value is -2.04. The number of ketones is 2. The molecule has 0 saturated heterocycles. The molecule has 0 aliphatic carbocycles. The third-order valence-electron chi connectivity index (χ3n) is 3.52. The molecule has 0 saturated carbocycles. The molecule has 0 spiro atoms. The number of nitrogens with zero attached hydrogens (tertiary/aromatic N) is 2. The maximum absolute atomic E-state index is 12.4. The van der Waals surface area contributed by atoms with Crippen LogP contribution in [0.15, 0.2) is 48.1 Å². The molecule has 1 aromatic carbocycles. The van der Waals surface area contributed by atoms with Gasteiger partial charge < -0.3 is 9.80 Å². The maximum Gasteiger partial charge on any atom is 0.167 e. The van der Waals surface area contributed by atoms with Gasteiger partial charge in [0.15, 0.2) is 11.6 Å². The molecule has 0 fully saturated rings. The number of allylic oxidation sites excluding steroid dienone is 3. The van der Waals surface area contributed by atoms with E-state index in [4.69, 9.17) is 0 Å². The van der Waals surface area contributed by atoms with Gasteiger partial charge in [0.1, 0.15) is 0 Å². The summed E-state index contributed by atoms with van der Waals surface area (Å²) < 4.78 is 0. The van der Waals surface area contributed by atoms with Gasteiger partial charge in [-0.25, -0.2) is 0 Å². The van der Waals surface area contributed by atoms with Crippen molar-refractivity contribution >= 4 is 17.6 Å². The summed E-state index contributed by atoms with van der Waals surface area (Å²) in [5.74, 6) is -0.185. The normalized spacial score (nSPS) is 11.2. The van der Waals surface area contributed by atoms with E-state index < -0.39 is 0 Å². The molecule has 4 nitrogen and oxygen atoms in total. The average molecular weight is 328 g/mol. The van der Waals surface area contributed by atoms with E-state index in [-0.39, 0.29) is 11.6 Å². The van der Waals surface area contributed by atoms with E-state index in [2.05, 4.69) is 0 Å². The first-order valence-electron chi connectivity index (χ1n) is 8.19. The van der Waals surface area contributed by atoms with Crippen molar-refractivity contribution in [3.8, 4) is 0 Å². The van der Waals surface area contributed by atoms with Crippen LogP contribution in [0.1, 0.15) is 18.4 Å². The minimum atomic E-state index is -0.0924. The van der Waals surface area contributed by atoms with Crippen molar-refractivity contribution in [2.24, 2.45) is 0 Å². The summed E-state index contributed by atoms with van der Waals surface area (Å²) in [4.78, 5) is 28.7. The van der Waals surface area contributed by atoms with Crippen LogP contribution in [-0.4, -0.2) is 62.6 Å². The molecule has 0 N–H and O–H groups in total. The van der Waals surface area contributed by atoms with Crippen molar-refractivity contribution in [3.05, 3.63) is 53.6 Å². The second-order valence-electron chi connectivity index (χ2n) is 6.30. The van der Waals surface area contributed by atoms with Gasteiger partial charge >= 0.3 is 0 Å². The maximum atomic E-state index is 12.4. The molecule has 1 rings (SSSR count). The fraction of sp³-hybridized carbons (Fsp3) is 0.400. The quantitative estimate of drug-likeness (QED) is 0.287. The summed E-state index contributed by atoms with van der Waals surface area (Å²) in [6, 6.07) is 9.81. The van der Waals surface area contributed by atoms with Gasteiger partial charge in [-0.2, -0.15) is 0 Å². The number of benzene rings is 1. The highest BCUT2D eigenvalue weighted by molar-refractivity contribution is 6.20. The van der Waals surface area contributed by atoms with Crippen LogP contribution < -0.4 is 0 Å². The minimum absolute atomic E-state index is 0.0924. The first kappa shape index (κ1) is 20.0. The standard InChI is InChI=1S/C20H28N2O2/c1-21(2)15-13-19(23)18(20(24)14-16-22(3)4)12-8-11-17-9-6-5-7-10-17/h5-12H,13-16H2,1-4H3/b11-8+. The molecule has 0 atom stereocenters. The predicted octanol–water partition coefficient (Wildman–Crippen LogP) is 2.67. The lowest BCUT2D eigenvalue weighted by Crippen LogP contribution is -2.23. The van der Waals surface area contributed by atoms with Crippen molar-refractivity contribution < 1.29 is 9.59 Å². The van der Waals surface area contributed by atoms with Gasteiger partial charge in [0.2, 0.25) is 0 Å². The van der Waals surface area contributed by atoms with E-state index in [1.165, 1.54) is 0 Å². The Morgan fingerprint density at radius 2 is 1.38 bits per heavy atom. The number of carbonyl (C=O) groups is 2. The second-order valence-corrected chi connectivity index (χ2v) is 6.30. The first-order chi connectivity index (χ1) is 11.4. The van der Waals surface area contributed by atoms with Crippen molar-refractivity contribution in [3.63, 3.8) is 0 Å². The number of Topliss-reactive ketones (excluding diaryl/α,β-unsaturated/α-hetero) is 2. The van der Waals surface area contributed by atoms with Gasteiger partial charge in [-0.05, 0) is 39.8 Å². The third kappa shape index (κ3) is 7.99. The van der Waals surface area contributed by atoms with E-state index in [9.17, 15) is 9.59 Å². The van der Waals surface area contributed by atoms with E-state index in [0.29, 0.717) is 31.5 Å². The summed E-state index contributed by atoms with van der Waals surface area (Å²) in [6.07, 6.45) is 6.05. The monoisotopic (exact) mass is 328 g/mol. The largest absolute Gasteiger partial charge is 0.309 e. The Labute approximate surface area is 145 Å². The molecule has 0 unspecified atom stereocenters. The molecule has 0 radical (unpaired) electrons. The summed E-state index contributed by atoms with van der Waals surface area (Å²) in [6.45, 7) is 1.28. The van der Waals surface area contributed by atoms with Crippen LogP contribution >= 0.6 is 0 Å². The molecular formula is C20H28N2O2. The molecule has 0 amide bonds. The van der Waals surface area contributed by atoms with Gasteiger partial charge in [-0.1, -0.05) is 42.5 Å². The zero-order chi connectivity index (χ0) is 17.9. The van der Waals surface area contributed by atoms with Crippen LogP contribution in [0.3, 0.4) is 0 Å². The molecule has 0 heterocycles. The van der Waals surface area contributed by atoms with Crippen molar-refractivity contribution in [1.29, 1.82) is 0 Å². The summed E-state index contributed by atoms with van der Waals surface area (Å²) >= 11 is 0. The van der Waals surface area contributed by atoms with Gasteiger partial charge in [-0.3, -0.25) is 9.59 Å². The third-order valence-corrected chi connectivity index (χ3v) is 3.52. The average Bonchev–Trinajstić information content (AvgIpc) is 2.55. The van der Waals surface area contributed by atoms with Gasteiger partial charge in [0.05, 0.1) is 5.57 Å². The molecule has 130 valence electrons. The summed E-state index contributed by atoms with van der Waals surface area (Å²) in [7, 11) is 7.67. The minimum Gasteiger partial charge on any atom is -0.309 e. The highest BCUT2D eigenvalue weighted by Gasteiger charge is 2.17. The zero-order valence-electron chi connectivity index (χ0n) is 15.2. The van der Waals surface area contributed by atoms with Gasteiger partial charge in [0.25, 0.3) is 0 Å². The topological polar surface area (TPSA) is 40.6 Å². The Morgan fingerprint density at radius 3 is 1.83 bits per heavy atom. The smallest absolute Gasteiger partial charge is 0.167 e. The number of hydrogen-bond acceptors (Lipinski definition) is 4. The van der Waals surface area contributed by atoms with Crippen molar-refractivity contribution in [1.82, 2.24) is 9.80 Å². The van der Waals surface area contributed by atoms with Crippen LogP contribution in [0.2, 0.25) is 0 Å². The second kappa shape index (κ2) is 10.7. The fourth-order valence-corrected chi connectivity index (χ4v) is 2.08. The van der Waals surface area contributed by atoms with Crippen molar-refractivity contribution in [2.75, 3.05) is 41.3 Å². The Kier molecular flexibility index (Phi) is 8.90. The molecule has 0 aliphatic heterocycles. The highest BCUT2D eigenvalue weighted by Crippen LogP contribution is 2.09. The lowest BCUT2D eigenvalue weighted by Gasteiger charge is -2.11. The molecule has 1 aromatic rings. The lowest BCUT2D eigenvalue weighted by molar-refractivity contribution is -0.121. The van der Waals surface area contributed by atoms with E-state index >= 15 is 0 Å². The molecule has 0 aromatic heterocycles. The van der Waals surface area contributed by atoms with Gasteiger partial charge in [0, 0.05) is 25.9 Å². The fourth-order valence-electron chi connectivity index (χ4n) is 2.08. The zero-order valence-corrected chi connectivity index (χ0v) is 15.2. The van der Waals surface area contributed by atoms with E-state index in [1.807, 2.05) is 74.4 Å². The van der Waals surface area contributed by atoms with Gasteiger partial charge in [-0.15, -0.1) is 0 Å². The molecule has 24 heavy (non-hydrogen) atoms. The molecular weight excluding hydrogens is 300 g/mol. The molecule has 0 aliphatic rings. The first-order valence-corrected chi connectivity index (χ1v) is 8.19. The van der Waals surface area contributed by atoms with Crippen LogP contribution in [0.4, 0.5) is 0 Å². The van der Waals surface area contributed by atoms with E-state index in [0.717, 1.165) is 5.56 Å². The predicted molar refractivity (Wildman–Crippen MR) is 99.9 cm³/mol. The Morgan fingerprint density at radius 1 is 0.875 bits per heavy atom. The van der Waals surface area contributed by atoms with E-state index in [1.54, 1.807) is 12.2 Å². The number of hydrogen-bond donors (Lipinski definition) is 0. The van der Waals surface area contributed by atoms with Crippen LogP contribution in [0.25, 0.3) is 6.08 Å². The highest BCUT2D eigenvalue weighted by atomic mass is 16.1. The summed E-state index contributed by atoms with van der Waals surface area (Å²) in [5.41, 5.74) is 1.33.